The Hall–Kier alpha value is -2.05. The van der Waals surface area contributed by atoms with E-state index in [2.05, 4.69) is 26.0 Å². The molecule has 0 fully saturated rings. The van der Waals surface area contributed by atoms with Gasteiger partial charge in [0.2, 0.25) is 5.91 Å². The van der Waals surface area contributed by atoms with Crippen LogP contribution < -0.4 is 16.0 Å². The molecule has 0 aromatic carbocycles. The SMILES string of the molecule is CCCNC(=O)CCNC(=NCc1ccnn1C)NCC. The second kappa shape index (κ2) is 9.79. The molecule has 0 aliphatic rings. The minimum atomic E-state index is 0.0619. The van der Waals surface area contributed by atoms with Gasteiger partial charge in [-0.25, -0.2) is 4.99 Å². The van der Waals surface area contributed by atoms with Crippen LogP contribution in [0.2, 0.25) is 0 Å². The molecule has 0 saturated heterocycles. The molecule has 0 bridgehead atoms. The van der Waals surface area contributed by atoms with Crippen LogP contribution >= 0.6 is 0 Å². The van der Waals surface area contributed by atoms with Gasteiger partial charge in [0, 0.05) is 39.3 Å². The Morgan fingerprint density at radius 1 is 1.29 bits per heavy atom. The van der Waals surface area contributed by atoms with Crippen molar-refractivity contribution in [2.75, 3.05) is 19.6 Å². The summed E-state index contributed by atoms with van der Waals surface area (Å²) in [5.74, 6) is 0.772. The molecule has 0 spiro atoms. The fourth-order valence-corrected chi connectivity index (χ4v) is 1.71. The predicted octanol–water partition coefficient (Wildman–Crippen LogP) is 0.392. The average molecular weight is 294 g/mol. The Balaban J connectivity index is 2.39. The van der Waals surface area contributed by atoms with E-state index in [1.807, 2.05) is 27.0 Å². The molecule has 7 nitrogen and oxygen atoms in total. The van der Waals surface area contributed by atoms with Crippen molar-refractivity contribution in [2.45, 2.75) is 33.2 Å². The normalized spacial score (nSPS) is 11.3. The first-order valence-corrected chi connectivity index (χ1v) is 7.43. The number of carbonyl (C=O) groups excluding carboxylic acids is 1. The van der Waals surface area contributed by atoms with Crippen LogP contribution in [0.1, 0.15) is 32.4 Å². The Bertz CT molecular complexity index is 454. The Morgan fingerprint density at radius 2 is 2.10 bits per heavy atom. The molecule has 0 aliphatic carbocycles. The molecule has 1 aromatic rings. The minimum Gasteiger partial charge on any atom is -0.357 e. The summed E-state index contributed by atoms with van der Waals surface area (Å²) in [6.45, 7) is 6.66. The number of nitrogens with zero attached hydrogens (tertiary/aromatic N) is 3. The van der Waals surface area contributed by atoms with E-state index in [0.29, 0.717) is 25.5 Å². The van der Waals surface area contributed by atoms with Crippen LogP contribution in [0.5, 0.6) is 0 Å². The monoisotopic (exact) mass is 294 g/mol. The van der Waals surface area contributed by atoms with Gasteiger partial charge in [-0.1, -0.05) is 6.92 Å². The van der Waals surface area contributed by atoms with Crippen LogP contribution in [0.25, 0.3) is 0 Å². The molecule has 0 unspecified atom stereocenters. The third kappa shape index (κ3) is 6.78. The number of carbonyl (C=O) groups is 1. The van der Waals surface area contributed by atoms with Crippen molar-refractivity contribution < 1.29 is 4.79 Å². The molecule has 1 heterocycles. The smallest absolute Gasteiger partial charge is 0.221 e. The minimum absolute atomic E-state index is 0.0619. The first-order valence-electron chi connectivity index (χ1n) is 7.43. The maximum absolute atomic E-state index is 11.5. The van der Waals surface area contributed by atoms with Gasteiger partial charge in [0.05, 0.1) is 12.2 Å². The number of aliphatic imine (C=N–C) groups is 1. The summed E-state index contributed by atoms with van der Waals surface area (Å²) in [6.07, 6.45) is 3.15. The standard InChI is InChI=1S/C14H26N6O/c1-4-8-16-13(21)7-9-17-14(15-5-2)18-11-12-6-10-19-20(12)3/h6,10H,4-5,7-9,11H2,1-3H3,(H,16,21)(H2,15,17,18). The summed E-state index contributed by atoms with van der Waals surface area (Å²) < 4.78 is 1.80. The number of hydrogen-bond donors (Lipinski definition) is 3. The number of aryl methyl sites for hydroxylation is 1. The molecule has 3 N–H and O–H groups in total. The van der Waals surface area contributed by atoms with Gasteiger partial charge in [0.15, 0.2) is 5.96 Å². The summed E-state index contributed by atoms with van der Waals surface area (Å²) in [7, 11) is 1.89. The van der Waals surface area contributed by atoms with Crippen LogP contribution in [0.15, 0.2) is 17.3 Å². The number of aromatic nitrogens is 2. The maximum Gasteiger partial charge on any atom is 0.221 e. The molecule has 7 heteroatoms. The van der Waals surface area contributed by atoms with E-state index in [1.165, 1.54) is 0 Å². The number of guanidine groups is 1. The van der Waals surface area contributed by atoms with Gasteiger partial charge in [-0.2, -0.15) is 5.10 Å². The van der Waals surface area contributed by atoms with Crippen LogP contribution in [0.4, 0.5) is 0 Å². The van der Waals surface area contributed by atoms with E-state index in [4.69, 9.17) is 0 Å². The van der Waals surface area contributed by atoms with E-state index in [1.54, 1.807) is 10.9 Å². The molecule has 118 valence electrons. The largest absolute Gasteiger partial charge is 0.357 e. The van der Waals surface area contributed by atoms with Gasteiger partial charge in [0.1, 0.15) is 0 Å². The quantitative estimate of drug-likeness (QED) is 0.478. The number of hydrogen-bond acceptors (Lipinski definition) is 3. The zero-order valence-corrected chi connectivity index (χ0v) is 13.1. The molecule has 0 atom stereocenters. The Labute approximate surface area is 126 Å². The highest BCUT2D eigenvalue weighted by Crippen LogP contribution is 1.97. The van der Waals surface area contributed by atoms with Gasteiger partial charge in [-0.05, 0) is 19.4 Å². The topological polar surface area (TPSA) is 83.3 Å². The molecule has 0 aliphatic heterocycles. The van der Waals surface area contributed by atoms with Crippen molar-refractivity contribution in [2.24, 2.45) is 12.0 Å². The fraction of sp³-hybridized carbons (Fsp3) is 0.643. The molecule has 0 saturated carbocycles. The van der Waals surface area contributed by atoms with Crippen molar-refractivity contribution in [3.05, 3.63) is 18.0 Å². The van der Waals surface area contributed by atoms with Crippen molar-refractivity contribution >= 4 is 11.9 Å². The van der Waals surface area contributed by atoms with Gasteiger partial charge >= 0.3 is 0 Å². The van der Waals surface area contributed by atoms with Crippen molar-refractivity contribution in [1.29, 1.82) is 0 Å². The molecular formula is C14H26N6O. The fourth-order valence-electron chi connectivity index (χ4n) is 1.71. The summed E-state index contributed by atoms with van der Waals surface area (Å²) in [5, 5.41) is 13.3. The summed E-state index contributed by atoms with van der Waals surface area (Å²) in [4.78, 5) is 16.0. The summed E-state index contributed by atoms with van der Waals surface area (Å²) in [5.41, 5.74) is 1.04. The maximum atomic E-state index is 11.5. The second-order valence-electron chi connectivity index (χ2n) is 4.67. The third-order valence-electron chi connectivity index (χ3n) is 2.88. The highest BCUT2D eigenvalue weighted by molar-refractivity contribution is 5.81. The lowest BCUT2D eigenvalue weighted by atomic mass is 10.4. The number of rotatable bonds is 8. The van der Waals surface area contributed by atoms with E-state index >= 15 is 0 Å². The van der Waals surface area contributed by atoms with Crippen LogP contribution in [0, 0.1) is 0 Å². The highest BCUT2D eigenvalue weighted by atomic mass is 16.1. The van der Waals surface area contributed by atoms with Crippen LogP contribution in [0.3, 0.4) is 0 Å². The van der Waals surface area contributed by atoms with Crippen molar-refractivity contribution in [3.63, 3.8) is 0 Å². The van der Waals surface area contributed by atoms with Gasteiger partial charge in [-0.15, -0.1) is 0 Å². The second-order valence-corrected chi connectivity index (χ2v) is 4.67. The Kier molecular flexibility index (Phi) is 7.93. The third-order valence-corrected chi connectivity index (χ3v) is 2.88. The Morgan fingerprint density at radius 3 is 2.71 bits per heavy atom. The predicted molar refractivity (Wildman–Crippen MR) is 83.9 cm³/mol. The molecule has 1 amide bonds. The number of nitrogens with one attached hydrogen (secondary N) is 3. The molecular weight excluding hydrogens is 268 g/mol. The van der Waals surface area contributed by atoms with Gasteiger partial charge in [0.25, 0.3) is 0 Å². The average Bonchev–Trinajstić information content (AvgIpc) is 2.88. The van der Waals surface area contributed by atoms with Crippen LogP contribution in [-0.4, -0.2) is 41.3 Å². The van der Waals surface area contributed by atoms with E-state index < -0.39 is 0 Å². The number of amides is 1. The zero-order chi connectivity index (χ0) is 15.5. The lowest BCUT2D eigenvalue weighted by Crippen LogP contribution is -2.39. The summed E-state index contributed by atoms with van der Waals surface area (Å²) in [6, 6.07) is 1.94. The van der Waals surface area contributed by atoms with Gasteiger partial charge in [-0.3, -0.25) is 9.48 Å². The van der Waals surface area contributed by atoms with Crippen LogP contribution in [-0.2, 0) is 18.4 Å². The lowest BCUT2D eigenvalue weighted by molar-refractivity contribution is -0.120. The highest BCUT2D eigenvalue weighted by Gasteiger charge is 2.02. The molecule has 1 aromatic heterocycles. The lowest BCUT2D eigenvalue weighted by Gasteiger charge is -2.11. The first-order chi connectivity index (χ1) is 10.2. The zero-order valence-electron chi connectivity index (χ0n) is 13.1. The van der Waals surface area contributed by atoms with Gasteiger partial charge < -0.3 is 16.0 Å². The van der Waals surface area contributed by atoms with Crippen molar-refractivity contribution in [3.8, 4) is 0 Å². The first kappa shape index (κ1) is 17.0. The molecule has 21 heavy (non-hydrogen) atoms. The van der Waals surface area contributed by atoms with E-state index in [9.17, 15) is 4.79 Å². The van der Waals surface area contributed by atoms with Crippen molar-refractivity contribution in [1.82, 2.24) is 25.7 Å². The molecule has 1 rings (SSSR count). The summed E-state index contributed by atoms with van der Waals surface area (Å²) >= 11 is 0. The van der Waals surface area contributed by atoms with E-state index in [-0.39, 0.29) is 5.91 Å². The van der Waals surface area contributed by atoms with E-state index in [0.717, 1.165) is 25.2 Å². The molecule has 0 radical (unpaired) electrons.